The molecule has 2 aliphatic heterocycles. The SMILES string of the molecule is CCCCCCN(C(=O)[C@H]([C@@H](C)CC)N1CC(=O)C[C@]2(CCCN2)C1)[C@H](C[C@@H](OC(C)=O)c1nc(C(=O)N[C@@H](Cc2ccc(O)cc2)CC(C)(C)C(=O)O)cs1)C(C)C. The molecule has 2 fully saturated rings. The zero-order chi connectivity index (χ0) is 43.5. The van der Waals surface area contributed by atoms with E-state index in [0.29, 0.717) is 30.9 Å². The van der Waals surface area contributed by atoms with Gasteiger partial charge in [-0.25, -0.2) is 4.98 Å². The van der Waals surface area contributed by atoms with Crippen LogP contribution in [0.15, 0.2) is 29.6 Å². The Labute approximate surface area is 355 Å². The number of aromatic nitrogens is 1. The lowest BCUT2D eigenvalue weighted by atomic mass is 9.84. The normalized spacial score (nSPS) is 19.9. The third-order valence-electron chi connectivity index (χ3n) is 12.2. The molecule has 0 saturated carbocycles. The molecule has 6 atom stereocenters. The zero-order valence-corrected chi connectivity index (χ0v) is 37.4. The number of carbonyl (C=O) groups is 5. The Morgan fingerprint density at radius 2 is 1.81 bits per heavy atom. The number of amides is 2. The second-order valence-corrected chi connectivity index (χ2v) is 18.9. The molecule has 2 amide bonds. The van der Waals surface area contributed by atoms with E-state index in [1.807, 2.05) is 4.90 Å². The van der Waals surface area contributed by atoms with Gasteiger partial charge in [0.1, 0.15) is 22.2 Å². The number of ether oxygens (including phenoxy) is 1. The molecule has 0 bridgehead atoms. The summed E-state index contributed by atoms with van der Waals surface area (Å²) in [7, 11) is 0. The number of esters is 1. The van der Waals surface area contributed by atoms with Crippen LogP contribution < -0.4 is 10.6 Å². The van der Waals surface area contributed by atoms with E-state index in [2.05, 4.69) is 50.2 Å². The second kappa shape index (κ2) is 21.6. The van der Waals surface area contributed by atoms with Gasteiger partial charge in [-0.05, 0) is 82.0 Å². The maximum Gasteiger partial charge on any atom is 0.309 e. The van der Waals surface area contributed by atoms with E-state index >= 15 is 4.79 Å². The van der Waals surface area contributed by atoms with E-state index < -0.39 is 41.4 Å². The van der Waals surface area contributed by atoms with Gasteiger partial charge in [0.15, 0.2) is 6.10 Å². The number of carbonyl (C=O) groups excluding carboxylic acids is 4. The van der Waals surface area contributed by atoms with Crippen molar-refractivity contribution in [3.05, 3.63) is 45.9 Å². The van der Waals surface area contributed by atoms with Gasteiger partial charge in [0.2, 0.25) is 5.91 Å². The van der Waals surface area contributed by atoms with Crippen LogP contribution >= 0.6 is 11.3 Å². The maximum atomic E-state index is 15.2. The number of phenolic OH excluding ortho intramolecular Hbond substituents is 1. The van der Waals surface area contributed by atoms with Crippen molar-refractivity contribution in [3.63, 3.8) is 0 Å². The molecule has 2 aromatic rings. The molecule has 0 radical (unpaired) electrons. The number of ketones is 1. The zero-order valence-electron chi connectivity index (χ0n) is 36.6. The number of piperidine rings is 1. The summed E-state index contributed by atoms with van der Waals surface area (Å²) in [6.45, 7) is 17.3. The fourth-order valence-electron chi connectivity index (χ4n) is 8.78. The Morgan fingerprint density at radius 1 is 1.10 bits per heavy atom. The van der Waals surface area contributed by atoms with Crippen molar-refractivity contribution in [1.82, 2.24) is 25.4 Å². The summed E-state index contributed by atoms with van der Waals surface area (Å²) in [6, 6.07) is 5.13. The summed E-state index contributed by atoms with van der Waals surface area (Å²) in [5, 5.41) is 28.3. The van der Waals surface area contributed by atoms with Crippen molar-refractivity contribution in [2.24, 2.45) is 17.3 Å². The number of nitrogens with zero attached hydrogens (tertiary/aromatic N) is 3. The van der Waals surface area contributed by atoms with Gasteiger partial charge in [-0.2, -0.15) is 0 Å². The lowest BCUT2D eigenvalue weighted by molar-refractivity contribution is -0.151. The average Bonchev–Trinajstić information content (AvgIpc) is 3.84. The van der Waals surface area contributed by atoms with Crippen molar-refractivity contribution in [3.8, 4) is 5.75 Å². The predicted octanol–water partition coefficient (Wildman–Crippen LogP) is 6.93. The van der Waals surface area contributed by atoms with Crippen molar-refractivity contribution >= 4 is 40.9 Å². The van der Waals surface area contributed by atoms with Gasteiger partial charge < -0.3 is 30.5 Å². The van der Waals surface area contributed by atoms with Crippen LogP contribution in [0.1, 0.15) is 147 Å². The summed E-state index contributed by atoms with van der Waals surface area (Å²) in [4.78, 5) is 75.9. The fourth-order valence-corrected chi connectivity index (χ4v) is 9.62. The Hall–Kier alpha value is -3.88. The topological polar surface area (TPSA) is 178 Å². The number of likely N-dealkylation sites (tertiary alicyclic amines) is 1. The van der Waals surface area contributed by atoms with Gasteiger partial charge in [-0.15, -0.1) is 11.3 Å². The second-order valence-electron chi connectivity index (χ2n) is 18.0. The molecule has 1 aromatic carbocycles. The summed E-state index contributed by atoms with van der Waals surface area (Å²) >= 11 is 1.20. The lowest BCUT2D eigenvalue weighted by Crippen LogP contribution is -2.64. The number of hydrogen-bond donors (Lipinski definition) is 4. The summed E-state index contributed by atoms with van der Waals surface area (Å²) in [6.07, 6.45) is 6.90. The minimum Gasteiger partial charge on any atom is -0.508 e. The van der Waals surface area contributed by atoms with Gasteiger partial charge in [-0.3, -0.25) is 28.9 Å². The van der Waals surface area contributed by atoms with Gasteiger partial charge >= 0.3 is 11.9 Å². The van der Waals surface area contributed by atoms with Gasteiger partial charge in [0.05, 0.1) is 18.0 Å². The Bertz CT molecular complexity index is 1720. The van der Waals surface area contributed by atoms with Crippen LogP contribution in [0, 0.1) is 17.3 Å². The van der Waals surface area contributed by atoms with E-state index in [9.17, 15) is 29.4 Å². The molecule has 1 aromatic heterocycles. The van der Waals surface area contributed by atoms with Crippen LogP contribution in [0.25, 0.3) is 0 Å². The number of aliphatic carboxylic acids is 1. The third kappa shape index (κ3) is 13.3. The molecule has 0 aliphatic carbocycles. The summed E-state index contributed by atoms with van der Waals surface area (Å²) in [5.41, 5.74) is -0.520. The highest BCUT2D eigenvalue weighted by Gasteiger charge is 2.47. The molecule has 4 rings (SSSR count). The van der Waals surface area contributed by atoms with Crippen molar-refractivity contribution in [1.29, 1.82) is 0 Å². The summed E-state index contributed by atoms with van der Waals surface area (Å²) < 4.78 is 5.96. The van der Waals surface area contributed by atoms with E-state index in [4.69, 9.17) is 9.72 Å². The molecular weight excluding hydrogens is 771 g/mol. The maximum absolute atomic E-state index is 15.2. The van der Waals surface area contributed by atoms with E-state index in [-0.39, 0.29) is 65.9 Å². The molecule has 59 heavy (non-hydrogen) atoms. The van der Waals surface area contributed by atoms with Crippen LogP contribution in [-0.4, -0.2) is 104 Å². The first-order valence-corrected chi connectivity index (χ1v) is 22.5. The van der Waals surface area contributed by atoms with E-state index in [1.165, 1.54) is 18.3 Å². The number of carboxylic acids is 1. The number of Topliss-reactive ketones (excluding diaryl/α,β-unsaturated/α-hetero) is 1. The molecule has 2 saturated heterocycles. The first-order valence-electron chi connectivity index (χ1n) is 21.6. The number of hydrogen-bond acceptors (Lipinski definition) is 11. The van der Waals surface area contributed by atoms with Crippen molar-refractivity contribution in [2.45, 2.75) is 156 Å². The molecule has 0 unspecified atom stereocenters. The molecule has 2 aliphatic rings. The average molecular weight is 840 g/mol. The standard InChI is InChI=1S/C45H69N5O8S/c1-9-11-12-13-21-50(42(55)39(30(5)10-2)49-26-35(53)25-45(28-49)19-14-20-46-45)37(29(3)4)23-38(58-31(6)51)41-48-36(27-59-41)40(54)47-33(24-44(7,8)43(56)57)22-32-15-17-34(52)18-16-32/h15-18,27,29-30,33,37-39,46,52H,9-14,19-26,28H2,1-8H3,(H,47,54)(H,56,57)/t30-,33-,37+,38+,39-,45+/m0/s1. The Balaban J connectivity index is 1.64. The fraction of sp³-hybridized carbons (Fsp3) is 0.689. The van der Waals surface area contributed by atoms with Crippen molar-refractivity contribution < 1.29 is 38.9 Å². The van der Waals surface area contributed by atoms with Crippen LogP contribution in [0.5, 0.6) is 5.75 Å². The quantitative estimate of drug-likeness (QED) is 0.0714. The highest BCUT2D eigenvalue weighted by atomic mass is 32.1. The first kappa shape index (κ1) is 47.8. The highest BCUT2D eigenvalue weighted by Crippen LogP contribution is 2.35. The van der Waals surface area contributed by atoms with Gasteiger partial charge in [0, 0.05) is 55.9 Å². The minimum absolute atomic E-state index is 0.0119. The molecule has 3 heterocycles. The number of phenols is 1. The first-order chi connectivity index (χ1) is 27.9. The third-order valence-corrected chi connectivity index (χ3v) is 13.1. The number of benzene rings is 1. The number of thiazole rings is 1. The number of nitrogens with one attached hydrogen (secondary N) is 2. The molecule has 13 nitrogen and oxygen atoms in total. The lowest BCUT2D eigenvalue weighted by Gasteiger charge is -2.47. The van der Waals surface area contributed by atoms with Gasteiger partial charge in [0.25, 0.3) is 5.91 Å². The molecular formula is C45H69N5O8S. The monoisotopic (exact) mass is 839 g/mol. The van der Waals surface area contributed by atoms with E-state index in [0.717, 1.165) is 57.1 Å². The van der Waals surface area contributed by atoms with Crippen LogP contribution in [0.3, 0.4) is 0 Å². The van der Waals surface area contributed by atoms with E-state index in [1.54, 1.807) is 43.5 Å². The van der Waals surface area contributed by atoms with Crippen LogP contribution in [0.2, 0.25) is 0 Å². The highest BCUT2D eigenvalue weighted by molar-refractivity contribution is 7.09. The summed E-state index contributed by atoms with van der Waals surface area (Å²) in [5.74, 6) is -1.80. The molecule has 14 heteroatoms. The number of unbranched alkanes of at least 4 members (excludes halogenated alkanes) is 3. The Morgan fingerprint density at radius 3 is 2.41 bits per heavy atom. The van der Waals surface area contributed by atoms with Crippen LogP contribution in [0.4, 0.5) is 0 Å². The molecule has 4 N–H and O–H groups in total. The predicted molar refractivity (Wildman–Crippen MR) is 229 cm³/mol. The number of carboxylic acid groups (broad SMARTS) is 1. The molecule has 328 valence electrons. The number of aromatic hydroxyl groups is 1. The minimum atomic E-state index is -1.14. The van der Waals surface area contributed by atoms with Gasteiger partial charge in [-0.1, -0.05) is 72.4 Å². The molecule has 1 spiro atoms. The largest absolute Gasteiger partial charge is 0.508 e. The Kier molecular flexibility index (Phi) is 17.5. The smallest absolute Gasteiger partial charge is 0.309 e. The number of rotatable bonds is 22. The van der Waals surface area contributed by atoms with Crippen LogP contribution in [-0.2, 0) is 30.3 Å². The van der Waals surface area contributed by atoms with Crippen molar-refractivity contribution in [2.75, 3.05) is 26.2 Å².